The third kappa shape index (κ3) is 6.00. The van der Waals surface area contributed by atoms with Gasteiger partial charge in [0.05, 0.1) is 0 Å². The van der Waals surface area contributed by atoms with Crippen molar-refractivity contribution in [1.82, 2.24) is 0 Å². The van der Waals surface area contributed by atoms with Gasteiger partial charge in [-0.2, -0.15) is 0 Å². The summed E-state index contributed by atoms with van der Waals surface area (Å²) in [5, 5.41) is 5.39. The zero-order valence-corrected chi connectivity index (χ0v) is 44.8. The smallest absolute Gasteiger partial charge is 0.0372 e. The summed E-state index contributed by atoms with van der Waals surface area (Å²) in [6, 6.07) is 58.7. The molecule has 2 aliphatic heterocycles. The zero-order chi connectivity index (χ0) is 50.2. The first-order chi connectivity index (χ1) is 35.7. The molecule has 6 aliphatic rings. The second kappa shape index (κ2) is 15.3. The van der Waals surface area contributed by atoms with Gasteiger partial charge in [0.15, 0.2) is 0 Å². The van der Waals surface area contributed by atoms with Gasteiger partial charge in [-0.25, -0.2) is 0 Å². The molecule has 0 saturated carbocycles. The lowest BCUT2D eigenvalue weighted by atomic mass is 9.78. The molecule has 15 rings (SSSR count). The Morgan fingerprint density at radius 2 is 0.595 bits per heavy atom. The van der Waals surface area contributed by atoms with E-state index in [0.29, 0.717) is 0 Å². The summed E-state index contributed by atoms with van der Waals surface area (Å²) in [5.41, 5.74) is 30.3. The molecular formula is C72H68N2. The molecule has 2 nitrogen and oxygen atoms in total. The number of rotatable bonds is 4. The molecule has 2 heteroatoms. The summed E-state index contributed by atoms with van der Waals surface area (Å²) >= 11 is 0. The summed E-state index contributed by atoms with van der Waals surface area (Å²) in [4.78, 5) is 5.31. The first-order valence-electron chi connectivity index (χ1n) is 28.1. The van der Waals surface area contributed by atoms with Crippen molar-refractivity contribution in [1.29, 1.82) is 0 Å². The largest absolute Gasteiger partial charge is 0.372 e. The summed E-state index contributed by atoms with van der Waals surface area (Å²) in [5.74, 6) is 0. The maximum atomic E-state index is 2.66. The van der Waals surface area contributed by atoms with E-state index in [1.165, 1.54) is 183 Å². The van der Waals surface area contributed by atoms with Crippen LogP contribution in [0.3, 0.4) is 0 Å². The van der Waals surface area contributed by atoms with Crippen molar-refractivity contribution in [2.75, 3.05) is 36.0 Å². The van der Waals surface area contributed by atoms with E-state index in [0.717, 1.165) is 26.2 Å². The second-order valence-electron chi connectivity index (χ2n) is 25.3. The SMILES string of the molecule is CC1(C)c2ccccc2-c2cc3c(cc21)-c1ccc(-c2c4ccc(N5CCCCC5)cc4c(-c4ccc5c(c4)C(C)(C)c4cc6c(cc4-5)C(C)(C)c4ccccc4-6)c4ccc(N5CCCCC5)cc24)cc1C3(C)C. The molecule has 74 heavy (non-hydrogen) atoms. The Balaban J connectivity index is 0.951. The Morgan fingerprint density at radius 3 is 0.973 bits per heavy atom. The number of hydrogen-bond acceptors (Lipinski definition) is 2. The van der Waals surface area contributed by atoms with Crippen LogP contribution in [0.4, 0.5) is 11.4 Å². The van der Waals surface area contributed by atoms with E-state index in [-0.39, 0.29) is 21.7 Å². The van der Waals surface area contributed by atoms with E-state index in [1.54, 1.807) is 0 Å². The van der Waals surface area contributed by atoms with Crippen LogP contribution in [0.25, 0.3) is 88.3 Å². The predicted octanol–water partition coefficient (Wildman–Crippen LogP) is 18.5. The number of benzene rings is 9. The van der Waals surface area contributed by atoms with Crippen molar-refractivity contribution in [3.8, 4) is 66.8 Å². The number of fused-ring (bicyclic) bond motifs is 14. The summed E-state index contributed by atoms with van der Waals surface area (Å²) in [6.07, 6.45) is 7.63. The van der Waals surface area contributed by atoms with E-state index in [2.05, 4.69) is 211 Å². The van der Waals surface area contributed by atoms with Gasteiger partial charge >= 0.3 is 0 Å². The first kappa shape index (κ1) is 44.6. The molecule has 366 valence electrons. The fourth-order valence-corrected chi connectivity index (χ4v) is 15.7. The highest BCUT2D eigenvalue weighted by Crippen LogP contribution is 2.59. The fraction of sp³-hybridized carbons (Fsp3) is 0.306. The Morgan fingerprint density at radius 1 is 0.270 bits per heavy atom. The molecule has 0 atom stereocenters. The molecular weight excluding hydrogens is 893 g/mol. The molecule has 2 saturated heterocycles. The number of piperidine rings is 2. The Hall–Kier alpha value is -6.90. The minimum absolute atomic E-state index is 0.0464. The van der Waals surface area contributed by atoms with Crippen molar-refractivity contribution in [3.63, 3.8) is 0 Å². The van der Waals surface area contributed by atoms with Crippen molar-refractivity contribution >= 4 is 32.9 Å². The monoisotopic (exact) mass is 961 g/mol. The predicted molar refractivity (Wildman–Crippen MR) is 315 cm³/mol. The Bertz CT molecular complexity index is 3660. The Labute approximate surface area is 439 Å². The van der Waals surface area contributed by atoms with E-state index >= 15 is 0 Å². The van der Waals surface area contributed by atoms with Gasteiger partial charge in [0.25, 0.3) is 0 Å². The zero-order valence-electron chi connectivity index (χ0n) is 44.8. The molecule has 0 amide bonds. The van der Waals surface area contributed by atoms with Crippen LogP contribution in [0.1, 0.15) is 138 Å². The van der Waals surface area contributed by atoms with E-state index in [1.807, 2.05) is 0 Å². The number of nitrogens with zero attached hydrogens (tertiary/aromatic N) is 2. The lowest BCUT2D eigenvalue weighted by Gasteiger charge is -2.31. The highest BCUT2D eigenvalue weighted by Gasteiger charge is 2.44. The lowest BCUT2D eigenvalue weighted by molar-refractivity contribution is 0.578. The van der Waals surface area contributed by atoms with Crippen molar-refractivity contribution in [2.45, 2.75) is 116 Å². The average molecular weight is 961 g/mol. The summed E-state index contributed by atoms with van der Waals surface area (Å²) in [7, 11) is 0. The van der Waals surface area contributed by atoms with Gasteiger partial charge in [-0.05, 0) is 232 Å². The van der Waals surface area contributed by atoms with Crippen LogP contribution in [-0.2, 0) is 21.7 Å². The van der Waals surface area contributed by atoms with Crippen LogP contribution in [-0.4, -0.2) is 26.2 Å². The third-order valence-corrected chi connectivity index (χ3v) is 19.9. The van der Waals surface area contributed by atoms with Crippen LogP contribution in [0, 0.1) is 0 Å². The maximum Gasteiger partial charge on any atom is 0.0372 e. The maximum absolute atomic E-state index is 2.66. The minimum atomic E-state index is -0.169. The quantitative estimate of drug-likeness (QED) is 0.162. The molecule has 0 N–H and O–H groups in total. The molecule has 9 aromatic rings. The molecule has 9 aromatic carbocycles. The normalized spacial score (nSPS) is 18.6. The van der Waals surface area contributed by atoms with E-state index in [4.69, 9.17) is 0 Å². The Kier molecular flexibility index (Phi) is 9.24. The molecule has 0 bridgehead atoms. The van der Waals surface area contributed by atoms with Gasteiger partial charge in [0, 0.05) is 59.2 Å². The van der Waals surface area contributed by atoms with Crippen LogP contribution in [0.2, 0.25) is 0 Å². The summed E-state index contributed by atoms with van der Waals surface area (Å²) in [6.45, 7) is 24.0. The van der Waals surface area contributed by atoms with Crippen molar-refractivity contribution in [3.05, 3.63) is 190 Å². The highest BCUT2D eigenvalue weighted by molar-refractivity contribution is 6.22. The number of anilines is 2. The van der Waals surface area contributed by atoms with E-state index in [9.17, 15) is 0 Å². The second-order valence-corrected chi connectivity index (χ2v) is 25.3. The molecule has 2 fully saturated rings. The van der Waals surface area contributed by atoms with Gasteiger partial charge in [-0.3, -0.25) is 0 Å². The van der Waals surface area contributed by atoms with Gasteiger partial charge in [0.2, 0.25) is 0 Å². The third-order valence-electron chi connectivity index (χ3n) is 19.9. The highest BCUT2D eigenvalue weighted by atomic mass is 15.1. The van der Waals surface area contributed by atoms with Gasteiger partial charge in [0.1, 0.15) is 0 Å². The molecule has 2 heterocycles. The molecule has 0 unspecified atom stereocenters. The van der Waals surface area contributed by atoms with Crippen molar-refractivity contribution < 1.29 is 0 Å². The van der Waals surface area contributed by atoms with Gasteiger partial charge in [-0.1, -0.05) is 140 Å². The summed E-state index contributed by atoms with van der Waals surface area (Å²) < 4.78 is 0. The fourth-order valence-electron chi connectivity index (χ4n) is 15.7. The topological polar surface area (TPSA) is 6.48 Å². The molecule has 0 aromatic heterocycles. The number of hydrogen-bond donors (Lipinski definition) is 0. The first-order valence-corrected chi connectivity index (χ1v) is 28.1. The van der Waals surface area contributed by atoms with Crippen molar-refractivity contribution in [2.24, 2.45) is 0 Å². The standard InChI is InChI=1S/C72H68N2/c1-69(2)59-21-13-11-19-47(59)53-39-65-55(41-63(53)69)49-27-23-43(35-61(49)71(65,5)6)67-51-29-25-46(74-33-17-10-18-34-74)38-58(51)68(52-30-26-45(37-57(52)67)73-31-15-9-16-32-73)44-24-28-50-56-42-64-54(40-66(56)72(7,8)62(50)36-44)48-20-12-14-22-60(48)70(64,3)4/h11-14,19-30,35-42H,9-10,15-18,31-34H2,1-8H3. The average Bonchev–Trinajstić information content (AvgIpc) is 4.00. The van der Waals surface area contributed by atoms with Crippen LogP contribution in [0.5, 0.6) is 0 Å². The van der Waals surface area contributed by atoms with Crippen LogP contribution >= 0.6 is 0 Å². The van der Waals surface area contributed by atoms with E-state index < -0.39 is 0 Å². The molecule has 4 aliphatic carbocycles. The molecule has 0 spiro atoms. The van der Waals surface area contributed by atoms with Gasteiger partial charge in [-0.15, -0.1) is 0 Å². The van der Waals surface area contributed by atoms with Crippen LogP contribution in [0.15, 0.2) is 146 Å². The van der Waals surface area contributed by atoms with Crippen LogP contribution < -0.4 is 9.80 Å². The minimum Gasteiger partial charge on any atom is -0.372 e. The lowest BCUT2D eigenvalue weighted by Crippen LogP contribution is -2.29. The van der Waals surface area contributed by atoms with Gasteiger partial charge < -0.3 is 9.80 Å². The molecule has 0 radical (unpaired) electrons.